The van der Waals surface area contributed by atoms with Crippen LogP contribution in [0.1, 0.15) is 18.9 Å². The molecule has 1 aliphatic heterocycles. The zero-order valence-electron chi connectivity index (χ0n) is 10.5. The molecule has 0 aromatic heterocycles. The lowest BCUT2D eigenvalue weighted by Crippen LogP contribution is -2.22. The Morgan fingerprint density at radius 2 is 2.17 bits per heavy atom. The molecule has 1 heterocycles. The Balaban J connectivity index is 1.90. The monoisotopic (exact) mass is 267 g/mol. The van der Waals surface area contributed by atoms with Crippen molar-refractivity contribution in [2.24, 2.45) is 5.92 Å². The smallest absolute Gasteiger partial charge is 0.229 e. The molecular formula is C14H18ClNO2. The summed E-state index contributed by atoms with van der Waals surface area (Å²) in [5.74, 6) is 0.634. The van der Waals surface area contributed by atoms with Crippen LogP contribution in [-0.2, 0) is 16.0 Å². The van der Waals surface area contributed by atoms with Gasteiger partial charge >= 0.3 is 0 Å². The van der Waals surface area contributed by atoms with Gasteiger partial charge in [0, 0.05) is 11.6 Å². The van der Waals surface area contributed by atoms with E-state index in [1.807, 2.05) is 31.2 Å². The van der Waals surface area contributed by atoms with Gasteiger partial charge in [-0.2, -0.15) is 0 Å². The van der Waals surface area contributed by atoms with E-state index in [1.54, 1.807) is 0 Å². The maximum absolute atomic E-state index is 12.0. The fourth-order valence-electron chi connectivity index (χ4n) is 2.11. The van der Waals surface area contributed by atoms with Gasteiger partial charge in [0.25, 0.3) is 0 Å². The van der Waals surface area contributed by atoms with E-state index >= 15 is 0 Å². The fraction of sp³-hybridized carbons (Fsp3) is 0.500. The topological polar surface area (TPSA) is 38.3 Å². The van der Waals surface area contributed by atoms with Crippen molar-refractivity contribution in [1.29, 1.82) is 0 Å². The summed E-state index contributed by atoms with van der Waals surface area (Å²) >= 11 is 5.68. The molecule has 0 saturated carbocycles. The number of nitrogens with one attached hydrogen (secondary N) is 1. The second kappa shape index (κ2) is 6.21. The van der Waals surface area contributed by atoms with Crippen molar-refractivity contribution >= 4 is 23.2 Å². The number of rotatable bonds is 4. The summed E-state index contributed by atoms with van der Waals surface area (Å²) in [5, 5.41) is 2.92. The Bertz CT molecular complexity index is 405. The van der Waals surface area contributed by atoms with E-state index < -0.39 is 0 Å². The van der Waals surface area contributed by atoms with Gasteiger partial charge in [0.2, 0.25) is 5.91 Å². The van der Waals surface area contributed by atoms with Crippen LogP contribution in [0.15, 0.2) is 24.3 Å². The minimum Gasteiger partial charge on any atom is -0.378 e. The zero-order valence-corrected chi connectivity index (χ0v) is 11.2. The number of carbonyl (C=O) groups is 1. The van der Waals surface area contributed by atoms with Crippen molar-refractivity contribution in [1.82, 2.24) is 0 Å². The summed E-state index contributed by atoms with van der Waals surface area (Å²) < 4.78 is 5.40. The summed E-state index contributed by atoms with van der Waals surface area (Å²) in [6.45, 7) is 2.52. The number of aryl methyl sites for hydroxylation is 1. The first-order valence-corrected chi connectivity index (χ1v) is 6.80. The number of amides is 1. The summed E-state index contributed by atoms with van der Waals surface area (Å²) in [4.78, 5) is 12.0. The lowest BCUT2D eigenvalue weighted by Gasteiger charge is -2.09. The molecule has 0 bridgehead atoms. The van der Waals surface area contributed by atoms with Gasteiger partial charge in [-0.1, -0.05) is 12.1 Å². The van der Waals surface area contributed by atoms with E-state index in [0.29, 0.717) is 12.5 Å². The predicted octanol–water partition coefficient (Wildman–Crippen LogP) is 2.83. The van der Waals surface area contributed by atoms with Crippen LogP contribution in [0.3, 0.4) is 0 Å². The first-order chi connectivity index (χ1) is 8.69. The average molecular weight is 268 g/mol. The maximum atomic E-state index is 12.0. The summed E-state index contributed by atoms with van der Waals surface area (Å²) in [6.07, 6.45) is 1.84. The molecule has 1 saturated heterocycles. The molecule has 1 aromatic rings. The third-order valence-electron chi connectivity index (χ3n) is 3.17. The van der Waals surface area contributed by atoms with Crippen LogP contribution in [0.4, 0.5) is 5.69 Å². The minimum atomic E-state index is -0.0254. The van der Waals surface area contributed by atoms with Crippen LogP contribution in [0, 0.1) is 5.92 Å². The number of hydrogen-bond donors (Lipinski definition) is 1. The number of halogens is 1. The van der Waals surface area contributed by atoms with Crippen molar-refractivity contribution < 1.29 is 9.53 Å². The molecule has 1 aliphatic rings. The molecule has 1 aromatic carbocycles. The number of alkyl halides is 1. The van der Waals surface area contributed by atoms with Gasteiger partial charge in [0.05, 0.1) is 18.6 Å². The highest BCUT2D eigenvalue weighted by molar-refractivity contribution is 6.17. The van der Waals surface area contributed by atoms with Gasteiger partial charge in [-0.3, -0.25) is 4.79 Å². The predicted molar refractivity (Wildman–Crippen MR) is 73.0 cm³/mol. The molecule has 4 heteroatoms. The standard InChI is InChI=1S/C14H18ClNO2/c1-10-8-12(9-18-10)14(17)16-13-4-2-11(3-5-13)6-7-15/h2-5,10,12H,6-9H2,1H3,(H,16,17). The van der Waals surface area contributed by atoms with Crippen LogP contribution in [0.5, 0.6) is 0 Å². The zero-order chi connectivity index (χ0) is 13.0. The van der Waals surface area contributed by atoms with Crippen LogP contribution >= 0.6 is 11.6 Å². The van der Waals surface area contributed by atoms with Crippen molar-refractivity contribution in [3.8, 4) is 0 Å². The van der Waals surface area contributed by atoms with E-state index in [1.165, 1.54) is 5.56 Å². The molecule has 0 aliphatic carbocycles. The third-order valence-corrected chi connectivity index (χ3v) is 3.36. The lowest BCUT2D eigenvalue weighted by atomic mass is 10.1. The van der Waals surface area contributed by atoms with Crippen molar-refractivity contribution in [2.75, 3.05) is 17.8 Å². The van der Waals surface area contributed by atoms with E-state index in [2.05, 4.69) is 5.32 Å². The first kappa shape index (κ1) is 13.4. The van der Waals surface area contributed by atoms with Crippen molar-refractivity contribution in [2.45, 2.75) is 25.9 Å². The number of ether oxygens (including phenoxy) is 1. The highest BCUT2D eigenvalue weighted by Crippen LogP contribution is 2.21. The molecule has 3 nitrogen and oxygen atoms in total. The molecule has 18 heavy (non-hydrogen) atoms. The van der Waals surface area contributed by atoms with Crippen LogP contribution in [-0.4, -0.2) is 24.5 Å². The Morgan fingerprint density at radius 1 is 1.44 bits per heavy atom. The fourth-order valence-corrected chi connectivity index (χ4v) is 2.33. The SMILES string of the molecule is CC1CC(C(=O)Nc2ccc(CCCl)cc2)CO1. The minimum absolute atomic E-state index is 0.0254. The van der Waals surface area contributed by atoms with E-state index in [4.69, 9.17) is 16.3 Å². The quantitative estimate of drug-likeness (QED) is 0.852. The average Bonchev–Trinajstić information content (AvgIpc) is 2.79. The number of hydrogen-bond acceptors (Lipinski definition) is 2. The van der Waals surface area contributed by atoms with Crippen LogP contribution in [0.25, 0.3) is 0 Å². The number of carbonyl (C=O) groups excluding carboxylic acids is 1. The third kappa shape index (κ3) is 3.47. The van der Waals surface area contributed by atoms with Gasteiger partial charge in [-0.25, -0.2) is 0 Å². The van der Waals surface area contributed by atoms with Crippen molar-refractivity contribution in [3.63, 3.8) is 0 Å². The van der Waals surface area contributed by atoms with Gasteiger partial charge in [-0.05, 0) is 37.5 Å². The molecule has 0 radical (unpaired) electrons. The van der Waals surface area contributed by atoms with Gasteiger partial charge in [0.1, 0.15) is 0 Å². The molecule has 2 rings (SSSR count). The second-order valence-electron chi connectivity index (χ2n) is 4.70. The van der Waals surface area contributed by atoms with Gasteiger partial charge in [-0.15, -0.1) is 11.6 Å². The molecule has 1 fully saturated rings. The maximum Gasteiger partial charge on any atom is 0.229 e. The Labute approximate surface area is 112 Å². The largest absolute Gasteiger partial charge is 0.378 e. The van der Waals surface area contributed by atoms with E-state index in [9.17, 15) is 4.79 Å². The summed E-state index contributed by atoms with van der Waals surface area (Å²) in [6, 6.07) is 7.82. The van der Waals surface area contributed by atoms with Crippen molar-refractivity contribution in [3.05, 3.63) is 29.8 Å². The van der Waals surface area contributed by atoms with E-state index in [0.717, 1.165) is 18.5 Å². The Kier molecular flexibility index (Phi) is 4.61. The normalized spacial score (nSPS) is 23.0. The number of benzene rings is 1. The number of anilines is 1. The second-order valence-corrected chi connectivity index (χ2v) is 5.08. The van der Waals surface area contributed by atoms with Gasteiger partial charge < -0.3 is 10.1 Å². The highest BCUT2D eigenvalue weighted by atomic mass is 35.5. The molecule has 1 N–H and O–H groups in total. The van der Waals surface area contributed by atoms with Gasteiger partial charge in [0.15, 0.2) is 0 Å². The van der Waals surface area contributed by atoms with Crippen LogP contribution in [0.2, 0.25) is 0 Å². The molecule has 0 spiro atoms. The molecule has 98 valence electrons. The summed E-state index contributed by atoms with van der Waals surface area (Å²) in [7, 11) is 0. The van der Waals surface area contributed by atoms with Crippen LogP contribution < -0.4 is 5.32 Å². The summed E-state index contributed by atoms with van der Waals surface area (Å²) in [5.41, 5.74) is 2.01. The Morgan fingerprint density at radius 3 is 2.72 bits per heavy atom. The molecule has 1 amide bonds. The van der Waals surface area contributed by atoms with E-state index in [-0.39, 0.29) is 17.9 Å². The highest BCUT2D eigenvalue weighted by Gasteiger charge is 2.28. The molecule has 2 unspecified atom stereocenters. The molecule has 2 atom stereocenters. The molecular weight excluding hydrogens is 250 g/mol. The first-order valence-electron chi connectivity index (χ1n) is 6.26. The Hall–Kier alpha value is -1.06. The lowest BCUT2D eigenvalue weighted by molar-refractivity contribution is -0.119.